The third kappa shape index (κ3) is 4.34. The summed E-state index contributed by atoms with van der Waals surface area (Å²) in [6, 6.07) is 15.9. The molecule has 1 aliphatic rings. The standard InChI is InChI=1S/C26H23FN4O/c27-21-6-8-22(9-7-21)29-25-28-16-11-24(30-25)31-17-12-20-5-4-19(18-23(20)31)10-15-26(32)13-2-1-3-14-26/h4-9,11-12,16-18,32H,1-3,13-14H2,(H,28,29,30). The van der Waals surface area contributed by atoms with E-state index in [1.54, 1.807) is 18.3 Å². The van der Waals surface area contributed by atoms with Crippen molar-refractivity contribution >= 4 is 22.5 Å². The van der Waals surface area contributed by atoms with Crippen molar-refractivity contribution in [3.63, 3.8) is 0 Å². The van der Waals surface area contributed by atoms with Gasteiger partial charge in [0.1, 0.15) is 17.2 Å². The van der Waals surface area contributed by atoms with E-state index in [2.05, 4.69) is 27.1 Å². The van der Waals surface area contributed by atoms with Gasteiger partial charge in [0.2, 0.25) is 5.95 Å². The molecule has 0 radical (unpaired) electrons. The highest BCUT2D eigenvalue weighted by Crippen LogP contribution is 2.27. The topological polar surface area (TPSA) is 63.0 Å². The first-order valence-electron chi connectivity index (χ1n) is 10.8. The molecular weight excluding hydrogens is 403 g/mol. The number of anilines is 2. The minimum absolute atomic E-state index is 0.293. The predicted molar refractivity (Wildman–Crippen MR) is 123 cm³/mol. The molecule has 2 heterocycles. The Kier molecular flexibility index (Phi) is 5.34. The Morgan fingerprint density at radius 2 is 1.81 bits per heavy atom. The number of fused-ring (bicyclic) bond motifs is 1. The van der Waals surface area contributed by atoms with E-state index in [4.69, 9.17) is 0 Å². The fourth-order valence-corrected chi connectivity index (χ4v) is 4.06. The molecule has 1 saturated carbocycles. The van der Waals surface area contributed by atoms with Gasteiger partial charge in [-0.1, -0.05) is 24.3 Å². The van der Waals surface area contributed by atoms with E-state index in [1.165, 1.54) is 18.6 Å². The van der Waals surface area contributed by atoms with Gasteiger partial charge in [-0.2, -0.15) is 4.98 Å². The minimum Gasteiger partial charge on any atom is -0.378 e. The Labute approximate surface area is 186 Å². The third-order valence-corrected chi connectivity index (χ3v) is 5.80. The van der Waals surface area contributed by atoms with Crippen LogP contribution < -0.4 is 5.32 Å². The summed E-state index contributed by atoms with van der Waals surface area (Å²) < 4.78 is 15.1. The van der Waals surface area contributed by atoms with E-state index >= 15 is 0 Å². The van der Waals surface area contributed by atoms with Crippen molar-refractivity contribution in [1.82, 2.24) is 14.5 Å². The van der Waals surface area contributed by atoms with Crippen LogP contribution >= 0.6 is 0 Å². The number of rotatable bonds is 3. The second-order valence-corrected chi connectivity index (χ2v) is 8.17. The molecule has 32 heavy (non-hydrogen) atoms. The second-order valence-electron chi connectivity index (χ2n) is 8.17. The van der Waals surface area contributed by atoms with E-state index in [9.17, 15) is 9.50 Å². The summed E-state index contributed by atoms with van der Waals surface area (Å²) in [6.07, 6.45) is 8.33. The van der Waals surface area contributed by atoms with Crippen LogP contribution in [0.5, 0.6) is 0 Å². The summed E-state index contributed by atoms with van der Waals surface area (Å²) in [5.41, 5.74) is 1.66. The molecule has 5 rings (SSSR count). The lowest BCUT2D eigenvalue weighted by atomic mass is 9.85. The Morgan fingerprint density at radius 1 is 1.00 bits per heavy atom. The van der Waals surface area contributed by atoms with Crippen LogP contribution in [0.25, 0.3) is 16.7 Å². The summed E-state index contributed by atoms with van der Waals surface area (Å²) >= 11 is 0. The molecule has 5 nitrogen and oxygen atoms in total. The first kappa shape index (κ1) is 20.2. The van der Waals surface area contributed by atoms with Crippen molar-refractivity contribution in [2.75, 3.05) is 5.32 Å². The van der Waals surface area contributed by atoms with Crippen LogP contribution in [0.2, 0.25) is 0 Å². The summed E-state index contributed by atoms with van der Waals surface area (Å²) in [4.78, 5) is 8.89. The monoisotopic (exact) mass is 426 g/mol. The Bertz CT molecular complexity index is 1310. The summed E-state index contributed by atoms with van der Waals surface area (Å²) in [7, 11) is 0. The predicted octanol–water partition coefficient (Wildman–Crippen LogP) is 5.35. The fourth-order valence-electron chi connectivity index (χ4n) is 4.06. The number of aromatic nitrogens is 3. The minimum atomic E-state index is -0.872. The van der Waals surface area contributed by atoms with Crippen LogP contribution in [0.3, 0.4) is 0 Å². The molecular formula is C26H23FN4O. The molecule has 2 aromatic carbocycles. The van der Waals surface area contributed by atoms with Crippen LogP contribution in [-0.2, 0) is 0 Å². The molecule has 2 aromatic heterocycles. The number of hydrogen-bond acceptors (Lipinski definition) is 4. The van der Waals surface area contributed by atoms with Gasteiger partial charge >= 0.3 is 0 Å². The van der Waals surface area contributed by atoms with Gasteiger partial charge in [-0.05, 0) is 74.2 Å². The number of nitrogens with zero attached hydrogens (tertiary/aromatic N) is 3. The fraction of sp³-hybridized carbons (Fsp3) is 0.231. The van der Waals surface area contributed by atoms with Crippen molar-refractivity contribution < 1.29 is 9.50 Å². The average Bonchev–Trinajstić information content (AvgIpc) is 3.23. The van der Waals surface area contributed by atoms with Gasteiger partial charge < -0.3 is 15.0 Å². The Balaban J connectivity index is 1.44. The van der Waals surface area contributed by atoms with Crippen molar-refractivity contribution in [1.29, 1.82) is 0 Å². The highest BCUT2D eigenvalue weighted by atomic mass is 19.1. The van der Waals surface area contributed by atoms with Gasteiger partial charge in [0.25, 0.3) is 0 Å². The van der Waals surface area contributed by atoms with Gasteiger partial charge in [-0.15, -0.1) is 0 Å². The lowest BCUT2D eigenvalue weighted by Crippen LogP contribution is -2.29. The smallest absolute Gasteiger partial charge is 0.229 e. The molecule has 1 fully saturated rings. The highest BCUT2D eigenvalue weighted by molar-refractivity contribution is 5.83. The molecule has 0 bridgehead atoms. The molecule has 0 unspecified atom stereocenters. The number of nitrogens with one attached hydrogen (secondary N) is 1. The average molecular weight is 426 g/mol. The maximum Gasteiger partial charge on any atom is 0.229 e. The lowest BCUT2D eigenvalue weighted by molar-refractivity contribution is 0.0610. The molecule has 6 heteroatoms. The Morgan fingerprint density at radius 3 is 2.62 bits per heavy atom. The number of aliphatic hydroxyl groups is 1. The second kappa shape index (κ2) is 8.45. The van der Waals surface area contributed by atoms with E-state index in [1.807, 2.05) is 41.1 Å². The normalized spacial score (nSPS) is 15.2. The van der Waals surface area contributed by atoms with Crippen molar-refractivity contribution in [3.05, 3.63) is 78.4 Å². The summed E-state index contributed by atoms with van der Waals surface area (Å²) in [5, 5.41) is 14.9. The molecule has 0 saturated heterocycles. The van der Waals surface area contributed by atoms with Crippen LogP contribution in [0, 0.1) is 17.7 Å². The van der Waals surface area contributed by atoms with Gasteiger partial charge in [-0.3, -0.25) is 0 Å². The molecule has 1 aliphatic carbocycles. The van der Waals surface area contributed by atoms with Crippen LogP contribution in [0.15, 0.2) is 67.0 Å². The molecule has 0 spiro atoms. The largest absolute Gasteiger partial charge is 0.378 e. The van der Waals surface area contributed by atoms with Crippen LogP contribution in [0.4, 0.5) is 16.0 Å². The molecule has 0 atom stereocenters. The number of hydrogen-bond donors (Lipinski definition) is 2. The zero-order chi connectivity index (χ0) is 22.0. The van der Waals surface area contributed by atoms with Gasteiger partial charge in [0.05, 0.1) is 5.52 Å². The van der Waals surface area contributed by atoms with E-state index in [-0.39, 0.29) is 5.82 Å². The summed E-state index contributed by atoms with van der Waals surface area (Å²) in [5.74, 6) is 7.11. The van der Waals surface area contributed by atoms with E-state index in [0.717, 1.165) is 42.1 Å². The first-order valence-corrected chi connectivity index (χ1v) is 10.8. The maximum absolute atomic E-state index is 13.2. The molecule has 0 amide bonds. The SMILES string of the molecule is OC1(C#Cc2ccc3ccn(-c4ccnc(Nc5ccc(F)cc5)n4)c3c2)CCCCC1. The third-order valence-electron chi connectivity index (χ3n) is 5.80. The molecule has 2 N–H and O–H groups in total. The summed E-state index contributed by atoms with van der Waals surface area (Å²) in [6.45, 7) is 0. The molecule has 0 aliphatic heterocycles. The number of benzene rings is 2. The van der Waals surface area contributed by atoms with Crippen LogP contribution in [-0.4, -0.2) is 25.2 Å². The number of halogens is 1. The lowest BCUT2D eigenvalue weighted by Gasteiger charge is -2.26. The maximum atomic E-state index is 13.2. The zero-order valence-corrected chi connectivity index (χ0v) is 17.6. The Hall–Kier alpha value is -3.69. The van der Waals surface area contributed by atoms with E-state index < -0.39 is 5.60 Å². The quantitative estimate of drug-likeness (QED) is 0.434. The van der Waals surface area contributed by atoms with Gasteiger partial charge in [-0.25, -0.2) is 9.37 Å². The first-order chi connectivity index (χ1) is 15.6. The zero-order valence-electron chi connectivity index (χ0n) is 17.6. The van der Waals surface area contributed by atoms with Crippen molar-refractivity contribution in [2.24, 2.45) is 0 Å². The van der Waals surface area contributed by atoms with Crippen LogP contribution in [0.1, 0.15) is 37.7 Å². The van der Waals surface area contributed by atoms with Crippen molar-refractivity contribution in [2.45, 2.75) is 37.7 Å². The van der Waals surface area contributed by atoms with E-state index in [0.29, 0.717) is 17.5 Å². The van der Waals surface area contributed by atoms with Gasteiger partial charge in [0, 0.05) is 29.0 Å². The van der Waals surface area contributed by atoms with Crippen molar-refractivity contribution in [3.8, 4) is 17.7 Å². The van der Waals surface area contributed by atoms with Gasteiger partial charge in [0.15, 0.2) is 0 Å². The highest BCUT2D eigenvalue weighted by Gasteiger charge is 2.26. The molecule has 160 valence electrons. The molecule has 4 aromatic rings.